The number of carbonyl (C=O) groups excluding carboxylic acids is 1. The second-order valence-corrected chi connectivity index (χ2v) is 4.49. The van der Waals surface area contributed by atoms with Gasteiger partial charge in [-0.25, -0.2) is 14.5 Å². The van der Waals surface area contributed by atoms with E-state index in [0.29, 0.717) is 28.7 Å². The van der Waals surface area contributed by atoms with Crippen LogP contribution in [-0.4, -0.2) is 25.5 Å². The molecule has 0 aliphatic heterocycles. The lowest BCUT2D eigenvalue weighted by Gasteiger charge is -2.04. The van der Waals surface area contributed by atoms with E-state index in [2.05, 4.69) is 20.4 Å². The van der Waals surface area contributed by atoms with Crippen molar-refractivity contribution in [2.75, 3.05) is 5.32 Å². The van der Waals surface area contributed by atoms with Crippen molar-refractivity contribution >= 4 is 17.4 Å². The summed E-state index contributed by atoms with van der Waals surface area (Å²) in [5.41, 5.74) is 1.14. The molecule has 3 heterocycles. The van der Waals surface area contributed by atoms with Crippen LogP contribution in [0, 0.1) is 13.8 Å². The van der Waals surface area contributed by atoms with Crippen molar-refractivity contribution in [3.05, 3.63) is 29.9 Å². The Balaban J connectivity index is 2.24. The Labute approximate surface area is 114 Å². The Morgan fingerprint density at radius 3 is 2.75 bits per heavy atom. The minimum atomic E-state index is -0.199. The fourth-order valence-electron chi connectivity index (χ4n) is 1.96. The summed E-state index contributed by atoms with van der Waals surface area (Å²) in [6.45, 7) is 5.07. The number of furan rings is 1. The number of aromatic nitrogens is 4. The van der Waals surface area contributed by atoms with Gasteiger partial charge in [-0.05, 0) is 26.0 Å². The number of nitrogens with one attached hydrogen (secondary N) is 1. The lowest BCUT2D eigenvalue weighted by atomic mass is 10.3. The average Bonchev–Trinajstić information content (AvgIpc) is 2.92. The third-order valence-electron chi connectivity index (χ3n) is 2.70. The lowest BCUT2D eigenvalue weighted by molar-refractivity contribution is -0.114. The Kier molecular flexibility index (Phi) is 2.74. The van der Waals surface area contributed by atoms with E-state index >= 15 is 0 Å². The van der Waals surface area contributed by atoms with Crippen LogP contribution in [0.2, 0.25) is 0 Å². The van der Waals surface area contributed by atoms with E-state index in [-0.39, 0.29) is 5.91 Å². The Morgan fingerprint density at radius 1 is 1.30 bits per heavy atom. The highest BCUT2D eigenvalue weighted by atomic mass is 16.3. The summed E-state index contributed by atoms with van der Waals surface area (Å²) in [5, 5.41) is 6.89. The van der Waals surface area contributed by atoms with E-state index in [4.69, 9.17) is 4.42 Å². The number of carbonyl (C=O) groups is 1. The standard InChI is InChI=1S/C13H13N5O2/c1-7-4-5-10(20-7)12-13-14-8(2)17-18(13)6-11(16-12)15-9(3)19/h4-6H,1-3H3,(H,15,19). The SMILES string of the molecule is CC(=O)Nc1cn2nc(C)nc2c(-c2ccc(C)o2)n1. The van der Waals surface area contributed by atoms with Gasteiger partial charge in [0.25, 0.3) is 0 Å². The summed E-state index contributed by atoms with van der Waals surface area (Å²) in [6.07, 6.45) is 1.62. The van der Waals surface area contributed by atoms with Gasteiger partial charge in [-0.1, -0.05) is 0 Å². The summed E-state index contributed by atoms with van der Waals surface area (Å²) in [4.78, 5) is 19.9. The highest BCUT2D eigenvalue weighted by Gasteiger charge is 2.15. The normalized spacial score (nSPS) is 10.9. The maximum Gasteiger partial charge on any atom is 0.222 e. The highest BCUT2D eigenvalue weighted by molar-refractivity contribution is 5.88. The van der Waals surface area contributed by atoms with Gasteiger partial charge in [-0.3, -0.25) is 4.79 Å². The number of aryl methyl sites for hydroxylation is 2. The van der Waals surface area contributed by atoms with Crippen molar-refractivity contribution in [2.45, 2.75) is 20.8 Å². The molecule has 1 N–H and O–H groups in total. The zero-order valence-corrected chi connectivity index (χ0v) is 11.3. The molecule has 0 saturated heterocycles. The van der Waals surface area contributed by atoms with Crippen LogP contribution in [0.25, 0.3) is 17.1 Å². The number of fused-ring (bicyclic) bond motifs is 1. The summed E-state index contributed by atoms with van der Waals surface area (Å²) in [6, 6.07) is 3.67. The van der Waals surface area contributed by atoms with E-state index in [9.17, 15) is 4.79 Å². The van der Waals surface area contributed by atoms with Crippen LogP contribution in [0.4, 0.5) is 5.82 Å². The zero-order valence-electron chi connectivity index (χ0n) is 11.3. The minimum Gasteiger partial charge on any atom is -0.460 e. The van der Waals surface area contributed by atoms with Crippen LogP contribution in [0.5, 0.6) is 0 Å². The predicted molar refractivity (Wildman–Crippen MR) is 72.3 cm³/mol. The van der Waals surface area contributed by atoms with Crippen molar-refractivity contribution in [1.82, 2.24) is 19.6 Å². The molecule has 1 amide bonds. The highest BCUT2D eigenvalue weighted by Crippen LogP contribution is 2.25. The molecule has 20 heavy (non-hydrogen) atoms. The van der Waals surface area contributed by atoms with Gasteiger partial charge in [0, 0.05) is 6.92 Å². The monoisotopic (exact) mass is 271 g/mol. The van der Waals surface area contributed by atoms with Gasteiger partial charge in [0.1, 0.15) is 11.6 Å². The molecule has 3 aromatic heterocycles. The molecule has 3 aromatic rings. The molecular formula is C13H13N5O2. The van der Waals surface area contributed by atoms with Crippen molar-refractivity contribution in [3.63, 3.8) is 0 Å². The number of amides is 1. The molecule has 0 unspecified atom stereocenters. The first-order valence-electron chi connectivity index (χ1n) is 6.11. The van der Waals surface area contributed by atoms with Gasteiger partial charge < -0.3 is 9.73 Å². The number of rotatable bonds is 2. The van der Waals surface area contributed by atoms with Crippen LogP contribution in [0.15, 0.2) is 22.7 Å². The molecule has 0 spiro atoms. The van der Waals surface area contributed by atoms with Gasteiger partial charge in [-0.2, -0.15) is 5.10 Å². The minimum absolute atomic E-state index is 0.199. The first kappa shape index (κ1) is 12.3. The van der Waals surface area contributed by atoms with Crippen molar-refractivity contribution < 1.29 is 9.21 Å². The topological polar surface area (TPSA) is 85.3 Å². The van der Waals surface area contributed by atoms with E-state index in [1.165, 1.54) is 6.92 Å². The van der Waals surface area contributed by atoms with Crippen LogP contribution >= 0.6 is 0 Å². The Morgan fingerprint density at radius 2 is 2.10 bits per heavy atom. The third-order valence-corrected chi connectivity index (χ3v) is 2.70. The van der Waals surface area contributed by atoms with Crippen molar-refractivity contribution in [3.8, 4) is 11.5 Å². The molecule has 7 nitrogen and oxygen atoms in total. The molecule has 0 atom stereocenters. The molecule has 0 aromatic carbocycles. The smallest absolute Gasteiger partial charge is 0.222 e. The molecular weight excluding hydrogens is 258 g/mol. The average molecular weight is 271 g/mol. The third kappa shape index (κ3) is 2.13. The van der Waals surface area contributed by atoms with Crippen molar-refractivity contribution in [1.29, 1.82) is 0 Å². The summed E-state index contributed by atoms with van der Waals surface area (Å²) < 4.78 is 7.17. The molecule has 0 aliphatic carbocycles. The predicted octanol–water partition coefficient (Wildman–Crippen LogP) is 1.96. The van der Waals surface area contributed by atoms with E-state index in [0.717, 1.165) is 5.76 Å². The molecule has 0 saturated carbocycles. The van der Waals surface area contributed by atoms with Crippen molar-refractivity contribution in [2.24, 2.45) is 0 Å². The zero-order chi connectivity index (χ0) is 14.3. The van der Waals surface area contributed by atoms with Gasteiger partial charge in [0.05, 0.1) is 6.20 Å². The molecule has 102 valence electrons. The van der Waals surface area contributed by atoms with Gasteiger partial charge in [0.15, 0.2) is 22.9 Å². The second-order valence-electron chi connectivity index (χ2n) is 4.49. The van der Waals surface area contributed by atoms with E-state index in [1.807, 2.05) is 19.1 Å². The number of hydrogen-bond donors (Lipinski definition) is 1. The van der Waals surface area contributed by atoms with E-state index in [1.54, 1.807) is 17.6 Å². The quantitative estimate of drug-likeness (QED) is 0.770. The molecule has 3 rings (SSSR count). The summed E-state index contributed by atoms with van der Waals surface area (Å²) in [7, 11) is 0. The molecule has 0 bridgehead atoms. The largest absolute Gasteiger partial charge is 0.460 e. The first-order chi connectivity index (χ1) is 9.52. The van der Waals surface area contributed by atoms with E-state index < -0.39 is 0 Å². The first-order valence-corrected chi connectivity index (χ1v) is 6.11. The molecule has 0 aliphatic rings. The summed E-state index contributed by atoms with van der Waals surface area (Å²) in [5.74, 6) is 2.19. The molecule has 0 radical (unpaired) electrons. The summed E-state index contributed by atoms with van der Waals surface area (Å²) >= 11 is 0. The van der Waals surface area contributed by atoms with Crippen LogP contribution in [0.3, 0.4) is 0 Å². The maximum absolute atomic E-state index is 11.2. The molecule has 0 fully saturated rings. The number of nitrogens with zero attached hydrogens (tertiary/aromatic N) is 4. The fourth-order valence-corrected chi connectivity index (χ4v) is 1.96. The van der Waals surface area contributed by atoms with Gasteiger partial charge in [0.2, 0.25) is 5.91 Å². The van der Waals surface area contributed by atoms with Crippen LogP contribution < -0.4 is 5.32 Å². The Bertz CT molecular complexity index is 802. The molecule has 7 heteroatoms. The second kappa shape index (κ2) is 4.44. The Hall–Kier alpha value is -2.70. The van der Waals surface area contributed by atoms with Gasteiger partial charge in [-0.15, -0.1) is 0 Å². The maximum atomic E-state index is 11.2. The fraction of sp³-hybridized carbons (Fsp3) is 0.231. The number of hydrogen-bond acceptors (Lipinski definition) is 5. The van der Waals surface area contributed by atoms with Crippen LogP contribution in [0.1, 0.15) is 18.5 Å². The number of anilines is 1. The lowest BCUT2D eigenvalue weighted by Crippen LogP contribution is -2.09. The van der Waals surface area contributed by atoms with Crippen LogP contribution in [-0.2, 0) is 4.79 Å². The van der Waals surface area contributed by atoms with Gasteiger partial charge >= 0.3 is 0 Å².